The Kier molecular flexibility index (Phi) is 3.78. The maximum atomic E-state index is 12.6. The number of aromatic nitrogens is 1. The van der Waals surface area contributed by atoms with Crippen molar-refractivity contribution in [1.82, 2.24) is 4.98 Å². The van der Waals surface area contributed by atoms with Gasteiger partial charge in [-0.15, -0.1) is 0 Å². The number of pyridine rings is 1. The second-order valence-corrected chi connectivity index (χ2v) is 4.00. The molecule has 0 unspecified atom stereocenters. The van der Waals surface area contributed by atoms with E-state index in [1.54, 1.807) is 0 Å². The van der Waals surface area contributed by atoms with Gasteiger partial charge in [-0.25, -0.2) is 4.98 Å². The van der Waals surface area contributed by atoms with Crippen molar-refractivity contribution in [2.45, 2.75) is 26.4 Å². The first kappa shape index (κ1) is 12.8. The van der Waals surface area contributed by atoms with E-state index in [0.717, 1.165) is 6.07 Å². The summed E-state index contributed by atoms with van der Waals surface area (Å²) >= 11 is 0. The zero-order valence-electron chi connectivity index (χ0n) is 9.43. The Morgan fingerprint density at radius 3 is 2.44 bits per heavy atom. The topological polar surface area (TPSA) is 22.1 Å². The van der Waals surface area contributed by atoms with Crippen molar-refractivity contribution < 1.29 is 17.9 Å². The summed E-state index contributed by atoms with van der Waals surface area (Å²) < 4.78 is 42.5. The molecule has 0 spiro atoms. The molecule has 0 aliphatic heterocycles. The predicted molar refractivity (Wildman–Crippen MR) is 54.3 cm³/mol. The molecule has 1 aromatic rings. The molecule has 5 heteroatoms. The van der Waals surface area contributed by atoms with Gasteiger partial charge in [0.2, 0.25) is 5.88 Å². The maximum Gasteiger partial charge on any atom is 0.421 e. The van der Waals surface area contributed by atoms with Crippen LogP contribution >= 0.6 is 0 Å². The van der Waals surface area contributed by atoms with Gasteiger partial charge in [0, 0.05) is 6.20 Å². The van der Waals surface area contributed by atoms with Crippen LogP contribution in [0.4, 0.5) is 13.2 Å². The Labute approximate surface area is 92.5 Å². The van der Waals surface area contributed by atoms with Gasteiger partial charge in [-0.2, -0.15) is 13.2 Å². The molecule has 0 atom stereocenters. The van der Waals surface area contributed by atoms with Crippen LogP contribution in [-0.2, 0) is 12.6 Å². The average Bonchev–Trinajstić information content (AvgIpc) is 2.15. The molecule has 1 aromatic heterocycles. The molecule has 2 nitrogen and oxygen atoms in total. The van der Waals surface area contributed by atoms with Crippen molar-refractivity contribution in [1.29, 1.82) is 0 Å². The lowest BCUT2D eigenvalue weighted by atomic mass is 10.0. The highest BCUT2D eigenvalue weighted by Crippen LogP contribution is 2.35. The van der Waals surface area contributed by atoms with Crippen molar-refractivity contribution in [3.8, 4) is 5.88 Å². The van der Waals surface area contributed by atoms with E-state index in [2.05, 4.69) is 9.72 Å². The molecule has 16 heavy (non-hydrogen) atoms. The number of rotatable bonds is 3. The van der Waals surface area contributed by atoms with Gasteiger partial charge in [0.25, 0.3) is 0 Å². The Morgan fingerprint density at radius 1 is 1.38 bits per heavy atom. The van der Waals surface area contributed by atoms with Crippen LogP contribution in [0.5, 0.6) is 5.88 Å². The molecule has 0 saturated heterocycles. The number of methoxy groups -OCH3 is 1. The van der Waals surface area contributed by atoms with E-state index in [1.807, 2.05) is 13.8 Å². The van der Waals surface area contributed by atoms with Crippen LogP contribution < -0.4 is 4.74 Å². The van der Waals surface area contributed by atoms with Crippen molar-refractivity contribution in [2.75, 3.05) is 7.11 Å². The molecule has 0 aliphatic rings. The van der Waals surface area contributed by atoms with Gasteiger partial charge in [0.15, 0.2) is 0 Å². The summed E-state index contributed by atoms with van der Waals surface area (Å²) in [6, 6.07) is 1.10. The molecule has 0 aliphatic carbocycles. The summed E-state index contributed by atoms with van der Waals surface area (Å²) in [6.45, 7) is 3.88. The number of hydrogen-bond donors (Lipinski definition) is 0. The minimum absolute atomic E-state index is 0.288. The van der Waals surface area contributed by atoms with Crippen molar-refractivity contribution in [2.24, 2.45) is 5.92 Å². The summed E-state index contributed by atoms with van der Waals surface area (Å²) in [6.07, 6.45) is -2.43. The molecule has 1 rings (SSSR count). The highest BCUT2D eigenvalue weighted by atomic mass is 19.4. The van der Waals surface area contributed by atoms with E-state index < -0.39 is 11.7 Å². The summed E-state index contributed by atoms with van der Waals surface area (Å²) in [4.78, 5) is 3.67. The van der Waals surface area contributed by atoms with E-state index in [0.29, 0.717) is 12.0 Å². The molecular formula is C11H14F3NO. The van der Waals surface area contributed by atoms with Crippen LogP contribution in [0.2, 0.25) is 0 Å². The number of hydrogen-bond acceptors (Lipinski definition) is 2. The van der Waals surface area contributed by atoms with E-state index >= 15 is 0 Å². The lowest BCUT2D eigenvalue weighted by Crippen LogP contribution is -2.10. The second-order valence-electron chi connectivity index (χ2n) is 4.00. The lowest BCUT2D eigenvalue weighted by Gasteiger charge is -2.13. The number of alkyl halides is 3. The zero-order chi connectivity index (χ0) is 12.3. The molecule has 0 N–H and O–H groups in total. The largest absolute Gasteiger partial charge is 0.481 e. The molecule has 90 valence electrons. The van der Waals surface area contributed by atoms with Gasteiger partial charge in [-0.3, -0.25) is 0 Å². The fourth-order valence-electron chi connectivity index (χ4n) is 1.44. The van der Waals surface area contributed by atoms with Crippen LogP contribution in [0, 0.1) is 5.92 Å². The Morgan fingerprint density at radius 2 is 2.00 bits per heavy atom. The van der Waals surface area contributed by atoms with Gasteiger partial charge >= 0.3 is 6.18 Å². The normalized spacial score (nSPS) is 11.9. The minimum Gasteiger partial charge on any atom is -0.481 e. The summed E-state index contributed by atoms with van der Waals surface area (Å²) in [5.74, 6) is -0.0868. The fraction of sp³-hybridized carbons (Fsp3) is 0.545. The minimum atomic E-state index is -4.43. The van der Waals surface area contributed by atoms with Gasteiger partial charge in [0.05, 0.1) is 7.11 Å². The summed E-state index contributed by atoms with van der Waals surface area (Å²) in [5.41, 5.74) is -0.240. The molecule has 1 heterocycles. The first-order valence-electron chi connectivity index (χ1n) is 4.94. The van der Waals surface area contributed by atoms with Crippen molar-refractivity contribution >= 4 is 0 Å². The standard InChI is InChI=1S/C11H14F3NO/c1-7(2)4-8-5-9(11(12,13)14)10(16-3)15-6-8/h5-7H,4H2,1-3H3. The maximum absolute atomic E-state index is 12.6. The molecule has 0 bridgehead atoms. The van der Waals surface area contributed by atoms with E-state index in [-0.39, 0.29) is 11.8 Å². The van der Waals surface area contributed by atoms with E-state index in [1.165, 1.54) is 13.3 Å². The lowest BCUT2D eigenvalue weighted by molar-refractivity contribution is -0.139. The smallest absolute Gasteiger partial charge is 0.421 e. The first-order valence-corrected chi connectivity index (χ1v) is 4.94. The van der Waals surface area contributed by atoms with Crippen LogP contribution in [0.3, 0.4) is 0 Å². The van der Waals surface area contributed by atoms with Gasteiger partial charge < -0.3 is 4.74 Å². The highest BCUT2D eigenvalue weighted by Gasteiger charge is 2.35. The zero-order valence-corrected chi connectivity index (χ0v) is 9.43. The van der Waals surface area contributed by atoms with Crippen LogP contribution in [0.25, 0.3) is 0 Å². The SMILES string of the molecule is COc1ncc(CC(C)C)cc1C(F)(F)F. The molecule has 0 fully saturated rings. The van der Waals surface area contributed by atoms with Crippen LogP contribution in [-0.4, -0.2) is 12.1 Å². The molecular weight excluding hydrogens is 219 g/mol. The predicted octanol–water partition coefficient (Wildman–Crippen LogP) is 3.31. The summed E-state index contributed by atoms with van der Waals surface area (Å²) in [7, 11) is 1.18. The Hall–Kier alpha value is -1.26. The van der Waals surface area contributed by atoms with Gasteiger partial charge in [-0.1, -0.05) is 13.8 Å². The third-order valence-corrected chi connectivity index (χ3v) is 2.05. The van der Waals surface area contributed by atoms with Crippen molar-refractivity contribution in [3.63, 3.8) is 0 Å². The van der Waals surface area contributed by atoms with Crippen LogP contribution in [0.1, 0.15) is 25.0 Å². The summed E-state index contributed by atoms with van der Waals surface area (Å²) in [5, 5.41) is 0. The Balaban J connectivity index is 3.12. The third-order valence-electron chi connectivity index (χ3n) is 2.05. The monoisotopic (exact) mass is 233 g/mol. The van der Waals surface area contributed by atoms with E-state index in [4.69, 9.17) is 0 Å². The van der Waals surface area contributed by atoms with Gasteiger partial charge in [-0.05, 0) is 24.0 Å². The number of halogens is 3. The second kappa shape index (κ2) is 4.72. The number of ether oxygens (including phenoxy) is 1. The number of nitrogens with zero attached hydrogens (tertiary/aromatic N) is 1. The average molecular weight is 233 g/mol. The van der Waals surface area contributed by atoms with Gasteiger partial charge in [0.1, 0.15) is 5.56 Å². The quantitative estimate of drug-likeness (QED) is 0.799. The first-order chi connectivity index (χ1) is 7.34. The molecule has 0 aromatic carbocycles. The Bertz CT molecular complexity index is 361. The molecule has 0 saturated carbocycles. The van der Waals surface area contributed by atoms with Crippen molar-refractivity contribution in [3.05, 3.63) is 23.4 Å². The molecule has 0 amide bonds. The highest BCUT2D eigenvalue weighted by molar-refractivity contribution is 5.32. The van der Waals surface area contributed by atoms with E-state index in [9.17, 15) is 13.2 Å². The third kappa shape index (κ3) is 3.12. The fourth-order valence-corrected chi connectivity index (χ4v) is 1.44. The van der Waals surface area contributed by atoms with Crippen LogP contribution in [0.15, 0.2) is 12.3 Å². The molecule has 0 radical (unpaired) electrons.